The monoisotopic (exact) mass is 725 g/mol. The van der Waals surface area contributed by atoms with E-state index in [1.165, 1.54) is 37.3 Å². The molecule has 0 radical (unpaired) electrons. The first-order valence-electron chi connectivity index (χ1n) is 15.8. The van der Waals surface area contributed by atoms with Crippen molar-refractivity contribution in [1.29, 1.82) is 0 Å². The fraction of sp³-hybridized carbons (Fsp3) is 0.297. The third-order valence-electron chi connectivity index (χ3n) is 8.00. The Morgan fingerprint density at radius 1 is 0.878 bits per heavy atom. The summed E-state index contributed by atoms with van der Waals surface area (Å²) in [5.41, 5.74) is 2.55. The zero-order chi connectivity index (χ0) is 35.6. The zero-order valence-electron chi connectivity index (χ0n) is 28.0. The predicted molar refractivity (Wildman–Crippen MR) is 194 cm³/mol. The van der Waals surface area contributed by atoms with Gasteiger partial charge in [0.05, 0.1) is 24.8 Å². The number of hydrogen-bond donors (Lipinski definition) is 1. The number of nitrogens with zero attached hydrogens (tertiary/aromatic N) is 2. The Morgan fingerprint density at radius 3 is 2.20 bits per heavy atom. The smallest absolute Gasteiger partial charge is 0.264 e. The minimum Gasteiger partial charge on any atom is -0.493 e. The molecular weight excluding hydrogens is 685 g/mol. The SMILES string of the molecule is CCCCNC(=O)[C@@H](Cc1ccccc1)N(Cc1ccc(Cl)cc1Cl)C(=O)CN(c1ccc(C)cc1)S(=O)(=O)c1ccc(OC)c(OC)c1. The van der Waals surface area contributed by atoms with Crippen molar-refractivity contribution in [1.82, 2.24) is 10.2 Å². The van der Waals surface area contributed by atoms with Crippen LogP contribution in [-0.4, -0.2) is 58.5 Å². The summed E-state index contributed by atoms with van der Waals surface area (Å²) >= 11 is 12.8. The molecule has 9 nitrogen and oxygen atoms in total. The number of anilines is 1. The van der Waals surface area contributed by atoms with Crippen LogP contribution in [0, 0.1) is 6.92 Å². The highest BCUT2D eigenvalue weighted by atomic mass is 35.5. The molecule has 0 aromatic heterocycles. The summed E-state index contributed by atoms with van der Waals surface area (Å²) in [5.74, 6) is -0.407. The van der Waals surface area contributed by atoms with E-state index in [9.17, 15) is 18.0 Å². The van der Waals surface area contributed by atoms with Crippen molar-refractivity contribution < 1.29 is 27.5 Å². The largest absolute Gasteiger partial charge is 0.493 e. The molecule has 4 aromatic carbocycles. The van der Waals surface area contributed by atoms with E-state index in [1.54, 1.807) is 42.5 Å². The molecule has 4 aromatic rings. The summed E-state index contributed by atoms with van der Waals surface area (Å²) < 4.78 is 40.6. The lowest BCUT2D eigenvalue weighted by Gasteiger charge is -2.34. The van der Waals surface area contributed by atoms with E-state index in [1.807, 2.05) is 44.2 Å². The Hall–Kier alpha value is -4.25. The van der Waals surface area contributed by atoms with Gasteiger partial charge >= 0.3 is 0 Å². The predicted octanol–water partition coefficient (Wildman–Crippen LogP) is 7.07. The highest BCUT2D eigenvalue weighted by Crippen LogP contribution is 2.33. The number of halogens is 2. The molecule has 0 unspecified atom stereocenters. The van der Waals surface area contributed by atoms with E-state index >= 15 is 0 Å². The van der Waals surface area contributed by atoms with Crippen LogP contribution in [0.15, 0.2) is 95.9 Å². The number of hydrogen-bond acceptors (Lipinski definition) is 6. The second kappa shape index (κ2) is 17.4. The van der Waals surface area contributed by atoms with Crippen molar-refractivity contribution in [3.05, 3.63) is 118 Å². The van der Waals surface area contributed by atoms with Gasteiger partial charge in [0.15, 0.2) is 11.5 Å². The van der Waals surface area contributed by atoms with Crippen LogP contribution in [0.25, 0.3) is 0 Å². The van der Waals surface area contributed by atoms with Crippen LogP contribution in [0.2, 0.25) is 10.0 Å². The van der Waals surface area contributed by atoms with Gasteiger partial charge in [0, 0.05) is 35.6 Å². The van der Waals surface area contributed by atoms with E-state index in [4.69, 9.17) is 32.7 Å². The van der Waals surface area contributed by atoms with Gasteiger partial charge in [-0.2, -0.15) is 0 Å². The molecule has 0 bridgehead atoms. The number of carbonyl (C=O) groups excluding carboxylic acids is 2. The Bertz CT molecular complexity index is 1840. The third-order valence-corrected chi connectivity index (χ3v) is 10.4. The van der Waals surface area contributed by atoms with Crippen LogP contribution in [0.5, 0.6) is 11.5 Å². The molecule has 4 rings (SSSR count). The third kappa shape index (κ3) is 9.68. The summed E-state index contributed by atoms with van der Waals surface area (Å²) in [6, 6.07) is 24.3. The van der Waals surface area contributed by atoms with Gasteiger partial charge in [0.1, 0.15) is 12.6 Å². The van der Waals surface area contributed by atoms with Gasteiger partial charge in [0.25, 0.3) is 10.0 Å². The number of carbonyl (C=O) groups is 2. The Kier molecular flexibility index (Phi) is 13.4. The molecule has 2 amide bonds. The molecule has 0 saturated heterocycles. The van der Waals surface area contributed by atoms with E-state index in [0.29, 0.717) is 27.9 Å². The molecule has 49 heavy (non-hydrogen) atoms. The van der Waals surface area contributed by atoms with Crippen molar-refractivity contribution in [3.63, 3.8) is 0 Å². The van der Waals surface area contributed by atoms with Crippen molar-refractivity contribution >= 4 is 50.7 Å². The molecule has 0 spiro atoms. The average Bonchev–Trinajstić information content (AvgIpc) is 3.10. The zero-order valence-corrected chi connectivity index (χ0v) is 30.3. The number of unbranched alkanes of at least 4 members (excludes halogenated alkanes) is 1. The van der Waals surface area contributed by atoms with Gasteiger partial charge in [-0.3, -0.25) is 13.9 Å². The molecule has 0 heterocycles. The molecule has 12 heteroatoms. The number of ether oxygens (including phenoxy) is 2. The summed E-state index contributed by atoms with van der Waals surface area (Å²) in [5, 5.41) is 3.70. The first-order valence-corrected chi connectivity index (χ1v) is 18.0. The van der Waals surface area contributed by atoms with Gasteiger partial charge in [-0.15, -0.1) is 0 Å². The number of benzene rings is 4. The van der Waals surface area contributed by atoms with E-state index < -0.39 is 28.5 Å². The molecule has 0 aliphatic rings. The molecule has 1 atom stereocenters. The molecular formula is C37H41Cl2N3O6S. The van der Waals surface area contributed by atoms with Crippen molar-refractivity contribution in [3.8, 4) is 11.5 Å². The molecule has 260 valence electrons. The minimum atomic E-state index is -4.36. The van der Waals surface area contributed by atoms with Crippen LogP contribution < -0.4 is 19.1 Å². The molecule has 0 saturated carbocycles. The van der Waals surface area contributed by atoms with Crippen LogP contribution in [0.3, 0.4) is 0 Å². The van der Waals surface area contributed by atoms with Crippen LogP contribution in [0.1, 0.15) is 36.5 Å². The standard InChI is InChI=1S/C37H41Cl2N3O6S/c1-5-6-20-40-37(44)33(21-27-10-8-7-9-11-27)41(24-28-14-15-29(38)22-32(28)39)36(43)25-42(30-16-12-26(2)13-17-30)49(45,46)31-18-19-34(47-3)35(23-31)48-4/h7-19,22-23,33H,5-6,20-21,24-25H2,1-4H3,(H,40,44)/t33-/m1/s1. The fourth-order valence-corrected chi connectivity index (χ4v) is 7.14. The first-order chi connectivity index (χ1) is 23.5. The normalized spacial score (nSPS) is 11.8. The molecule has 0 fully saturated rings. The van der Waals surface area contributed by atoms with E-state index in [0.717, 1.165) is 28.3 Å². The lowest BCUT2D eigenvalue weighted by Crippen LogP contribution is -2.53. The summed E-state index contributed by atoms with van der Waals surface area (Å²) in [6.45, 7) is 3.63. The quantitative estimate of drug-likeness (QED) is 0.124. The van der Waals surface area contributed by atoms with Crippen LogP contribution in [0.4, 0.5) is 5.69 Å². The number of sulfonamides is 1. The average molecular weight is 727 g/mol. The van der Waals surface area contributed by atoms with Crippen molar-refractivity contribution in [2.45, 2.75) is 50.6 Å². The number of nitrogens with one attached hydrogen (secondary N) is 1. The molecule has 1 N–H and O–H groups in total. The molecule has 0 aliphatic carbocycles. The van der Waals surface area contributed by atoms with Gasteiger partial charge in [0.2, 0.25) is 11.8 Å². The Labute approximate surface area is 298 Å². The highest BCUT2D eigenvalue weighted by Gasteiger charge is 2.35. The number of aryl methyl sites for hydroxylation is 1. The minimum absolute atomic E-state index is 0.0777. The first kappa shape index (κ1) is 37.6. The molecule has 0 aliphatic heterocycles. The number of amides is 2. The summed E-state index contributed by atoms with van der Waals surface area (Å²) in [7, 11) is -1.49. The fourth-order valence-electron chi connectivity index (χ4n) is 5.24. The van der Waals surface area contributed by atoms with E-state index in [-0.39, 0.29) is 35.2 Å². The Balaban J connectivity index is 1.83. The van der Waals surface area contributed by atoms with Gasteiger partial charge < -0.3 is 19.7 Å². The summed E-state index contributed by atoms with van der Waals surface area (Å²) in [6.07, 6.45) is 1.81. The van der Waals surface area contributed by atoms with Crippen molar-refractivity contribution in [2.75, 3.05) is 31.6 Å². The maximum absolute atomic E-state index is 14.7. The Morgan fingerprint density at radius 2 is 1.57 bits per heavy atom. The maximum atomic E-state index is 14.7. The number of methoxy groups -OCH3 is 2. The van der Waals surface area contributed by atoms with Crippen molar-refractivity contribution in [2.24, 2.45) is 0 Å². The maximum Gasteiger partial charge on any atom is 0.264 e. The highest BCUT2D eigenvalue weighted by molar-refractivity contribution is 7.92. The lowest BCUT2D eigenvalue weighted by molar-refractivity contribution is -0.140. The van der Waals surface area contributed by atoms with Crippen LogP contribution >= 0.6 is 23.2 Å². The van der Waals surface area contributed by atoms with Gasteiger partial charge in [-0.25, -0.2) is 8.42 Å². The van der Waals surface area contributed by atoms with Gasteiger partial charge in [-0.05, 0) is 60.9 Å². The topological polar surface area (TPSA) is 105 Å². The van der Waals surface area contributed by atoms with Crippen LogP contribution in [-0.2, 0) is 32.6 Å². The lowest BCUT2D eigenvalue weighted by atomic mass is 10.0. The number of rotatable bonds is 16. The van der Waals surface area contributed by atoms with Gasteiger partial charge in [-0.1, -0.05) is 90.6 Å². The second-order valence-corrected chi connectivity index (χ2v) is 14.2. The summed E-state index contributed by atoms with van der Waals surface area (Å²) in [4.78, 5) is 29.9. The van der Waals surface area contributed by atoms with E-state index in [2.05, 4.69) is 5.32 Å². The second-order valence-electron chi connectivity index (χ2n) is 11.5.